The van der Waals surface area contributed by atoms with Crippen molar-refractivity contribution in [2.24, 2.45) is 16.8 Å². The van der Waals surface area contributed by atoms with E-state index in [-0.39, 0.29) is 30.6 Å². The summed E-state index contributed by atoms with van der Waals surface area (Å²) < 4.78 is 0. The molecule has 3 unspecified atom stereocenters. The Morgan fingerprint density at radius 2 is 2.04 bits per heavy atom. The van der Waals surface area contributed by atoms with E-state index in [1.165, 1.54) is 25.0 Å². The zero-order chi connectivity index (χ0) is 17.1. The summed E-state index contributed by atoms with van der Waals surface area (Å²) in [6.45, 7) is 10.8. The van der Waals surface area contributed by atoms with Crippen LogP contribution in [0, 0.1) is 11.8 Å². The molecule has 0 aromatic carbocycles. The third-order valence-corrected chi connectivity index (χ3v) is 5.55. The van der Waals surface area contributed by atoms with Crippen molar-refractivity contribution in [1.29, 1.82) is 0 Å². The first-order valence-corrected chi connectivity index (χ1v) is 10.4. The molecule has 0 aliphatic heterocycles. The van der Waals surface area contributed by atoms with Gasteiger partial charge in [-0.3, -0.25) is 4.99 Å². The minimum absolute atomic E-state index is 0. The lowest BCUT2D eigenvalue weighted by Crippen LogP contribution is -2.43. The van der Waals surface area contributed by atoms with Gasteiger partial charge in [0.1, 0.15) is 0 Å². The fourth-order valence-corrected chi connectivity index (χ4v) is 4.47. The Kier molecular flexibility index (Phi) is 14.7. The van der Waals surface area contributed by atoms with Gasteiger partial charge < -0.3 is 15.7 Å². The number of nitrogens with one attached hydrogen (secondary N) is 2. The average molecular weight is 471 g/mol. The number of halogens is 1. The molecule has 0 spiro atoms. The normalized spacial score (nSPS) is 22.3. The lowest BCUT2D eigenvalue weighted by Gasteiger charge is -2.20. The highest BCUT2D eigenvalue weighted by Crippen LogP contribution is 2.29. The Morgan fingerprint density at radius 1 is 1.29 bits per heavy atom. The molecule has 0 bridgehead atoms. The Morgan fingerprint density at radius 3 is 2.62 bits per heavy atom. The smallest absolute Gasteiger partial charge is 0.191 e. The summed E-state index contributed by atoms with van der Waals surface area (Å²) in [6.07, 6.45) is 5.78. The lowest BCUT2D eigenvalue weighted by atomic mass is 9.94. The molecule has 0 aromatic heterocycles. The van der Waals surface area contributed by atoms with Crippen molar-refractivity contribution in [2.45, 2.75) is 71.1 Å². The van der Waals surface area contributed by atoms with Crippen molar-refractivity contribution >= 4 is 41.7 Å². The number of guanidine groups is 1. The predicted octanol–water partition coefficient (Wildman–Crippen LogP) is 3.88. The van der Waals surface area contributed by atoms with E-state index in [1.54, 1.807) is 0 Å². The molecule has 0 amide bonds. The number of aliphatic hydroxyl groups is 1. The van der Waals surface area contributed by atoms with Crippen molar-refractivity contribution < 1.29 is 5.11 Å². The predicted molar refractivity (Wildman–Crippen MR) is 119 cm³/mol. The van der Waals surface area contributed by atoms with Crippen LogP contribution in [0.1, 0.15) is 59.8 Å². The number of nitrogens with zero attached hydrogens (tertiary/aromatic N) is 1. The second-order valence-electron chi connectivity index (χ2n) is 6.96. The van der Waals surface area contributed by atoms with Gasteiger partial charge in [-0.05, 0) is 56.6 Å². The molecule has 144 valence electrons. The van der Waals surface area contributed by atoms with Crippen molar-refractivity contribution in [3.63, 3.8) is 0 Å². The van der Waals surface area contributed by atoms with Gasteiger partial charge in [-0.15, -0.1) is 24.0 Å². The molecule has 3 atom stereocenters. The molecular weight excluding hydrogens is 433 g/mol. The summed E-state index contributed by atoms with van der Waals surface area (Å²) in [4.78, 5) is 4.80. The van der Waals surface area contributed by atoms with Crippen molar-refractivity contribution in [2.75, 3.05) is 25.4 Å². The highest BCUT2D eigenvalue weighted by molar-refractivity contribution is 14.0. The van der Waals surface area contributed by atoms with Crippen LogP contribution in [0.5, 0.6) is 0 Å². The van der Waals surface area contributed by atoms with Crippen LogP contribution in [0.2, 0.25) is 0 Å². The van der Waals surface area contributed by atoms with E-state index in [0.717, 1.165) is 37.1 Å². The summed E-state index contributed by atoms with van der Waals surface area (Å²) in [7, 11) is 0. The first kappa shape index (κ1) is 24.3. The SMILES string of the molecule is CCNC(=NCC(CCO)CC(C)C)NC1CCC(SCC)C1.I. The maximum absolute atomic E-state index is 9.25. The highest BCUT2D eigenvalue weighted by atomic mass is 127. The van der Waals surface area contributed by atoms with E-state index >= 15 is 0 Å². The van der Waals surface area contributed by atoms with E-state index in [1.807, 2.05) is 0 Å². The van der Waals surface area contributed by atoms with Crippen LogP contribution in [-0.2, 0) is 0 Å². The van der Waals surface area contributed by atoms with Crippen LogP contribution in [0.15, 0.2) is 4.99 Å². The molecule has 0 radical (unpaired) electrons. The monoisotopic (exact) mass is 471 g/mol. The highest BCUT2D eigenvalue weighted by Gasteiger charge is 2.25. The first-order chi connectivity index (χ1) is 11.1. The zero-order valence-electron chi connectivity index (χ0n) is 15.9. The van der Waals surface area contributed by atoms with Crippen LogP contribution in [0.4, 0.5) is 0 Å². The molecule has 24 heavy (non-hydrogen) atoms. The number of hydrogen-bond donors (Lipinski definition) is 3. The summed E-state index contributed by atoms with van der Waals surface area (Å²) >= 11 is 2.09. The molecule has 1 aliphatic carbocycles. The zero-order valence-corrected chi connectivity index (χ0v) is 19.0. The first-order valence-electron chi connectivity index (χ1n) is 9.36. The van der Waals surface area contributed by atoms with Gasteiger partial charge in [0, 0.05) is 31.0 Å². The standard InChI is InChI=1S/C18H37N3OS.HI/c1-5-19-18(20-13-15(9-10-22)11-14(3)4)21-16-7-8-17(12-16)23-6-2;/h14-17,22H,5-13H2,1-4H3,(H2,19,20,21);1H. The lowest BCUT2D eigenvalue weighted by molar-refractivity contribution is 0.245. The number of rotatable bonds is 10. The Bertz CT molecular complexity index is 342. The number of thioether (sulfide) groups is 1. The topological polar surface area (TPSA) is 56.7 Å². The number of hydrogen-bond acceptors (Lipinski definition) is 3. The van der Waals surface area contributed by atoms with Gasteiger partial charge >= 0.3 is 0 Å². The van der Waals surface area contributed by atoms with Gasteiger partial charge in [-0.2, -0.15) is 11.8 Å². The average Bonchev–Trinajstić information content (AvgIpc) is 2.92. The second kappa shape index (κ2) is 14.5. The molecule has 1 saturated carbocycles. The summed E-state index contributed by atoms with van der Waals surface area (Å²) in [5, 5.41) is 17.1. The molecule has 4 nitrogen and oxygen atoms in total. The molecule has 0 saturated heterocycles. The Balaban J connectivity index is 0.00000529. The van der Waals surface area contributed by atoms with Gasteiger partial charge in [0.2, 0.25) is 0 Å². The molecular formula is C18H38IN3OS. The van der Waals surface area contributed by atoms with Crippen LogP contribution in [-0.4, -0.2) is 47.8 Å². The van der Waals surface area contributed by atoms with Crippen LogP contribution in [0.3, 0.4) is 0 Å². The quantitative estimate of drug-likeness (QED) is 0.257. The van der Waals surface area contributed by atoms with Crippen molar-refractivity contribution in [3.05, 3.63) is 0 Å². The second-order valence-corrected chi connectivity index (χ2v) is 8.54. The van der Waals surface area contributed by atoms with E-state index < -0.39 is 0 Å². The Labute approximate surface area is 170 Å². The molecule has 1 fully saturated rings. The fraction of sp³-hybridized carbons (Fsp3) is 0.944. The van der Waals surface area contributed by atoms with E-state index in [0.29, 0.717) is 17.9 Å². The maximum atomic E-state index is 9.25. The number of aliphatic hydroxyl groups excluding tert-OH is 1. The van der Waals surface area contributed by atoms with Crippen molar-refractivity contribution in [3.8, 4) is 0 Å². The van der Waals surface area contributed by atoms with Gasteiger partial charge in [0.15, 0.2) is 5.96 Å². The summed E-state index contributed by atoms with van der Waals surface area (Å²) in [5.41, 5.74) is 0. The van der Waals surface area contributed by atoms with Gasteiger partial charge in [0.05, 0.1) is 0 Å². The minimum Gasteiger partial charge on any atom is -0.396 e. The van der Waals surface area contributed by atoms with E-state index in [4.69, 9.17) is 4.99 Å². The van der Waals surface area contributed by atoms with Crippen LogP contribution >= 0.6 is 35.7 Å². The van der Waals surface area contributed by atoms with E-state index in [2.05, 4.69) is 50.1 Å². The third-order valence-electron chi connectivity index (χ3n) is 4.32. The van der Waals surface area contributed by atoms with Crippen LogP contribution < -0.4 is 10.6 Å². The molecule has 6 heteroatoms. The van der Waals surface area contributed by atoms with Gasteiger partial charge in [0.25, 0.3) is 0 Å². The maximum Gasteiger partial charge on any atom is 0.191 e. The molecule has 1 rings (SSSR count). The molecule has 0 aromatic rings. The summed E-state index contributed by atoms with van der Waals surface area (Å²) in [5.74, 6) is 3.29. The van der Waals surface area contributed by atoms with Crippen LogP contribution in [0.25, 0.3) is 0 Å². The molecule has 3 N–H and O–H groups in total. The third kappa shape index (κ3) is 10.3. The summed E-state index contributed by atoms with van der Waals surface area (Å²) in [6, 6.07) is 0.554. The number of aliphatic imine (C=N–C) groups is 1. The Hall–Kier alpha value is 0.310. The van der Waals surface area contributed by atoms with Gasteiger partial charge in [-0.25, -0.2) is 0 Å². The molecule has 1 aliphatic rings. The molecule has 0 heterocycles. The minimum atomic E-state index is 0. The van der Waals surface area contributed by atoms with Gasteiger partial charge in [-0.1, -0.05) is 20.8 Å². The fourth-order valence-electron chi connectivity index (χ4n) is 3.32. The van der Waals surface area contributed by atoms with E-state index in [9.17, 15) is 5.11 Å². The van der Waals surface area contributed by atoms with Crippen molar-refractivity contribution in [1.82, 2.24) is 10.6 Å². The largest absolute Gasteiger partial charge is 0.396 e.